The molecule has 0 unspecified atom stereocenters. The number of alkyl halides is 3. The first kappa shape index (κ1) is 18.1. The molecule has 1 N–H and O–H groups in total. The lowest BCUT2D eigenvalue weighted by Gasteiger charge is -2.32. The Bertz CT molecular complexity index is 652. The van der Waals surface area contributed by atoms with Gasteiger partial charge in [0.15, 0.2) is 0 Å². The van der Waals surface area contributed by atoms with Crippen molar-refractivity contribution >= 4 is 35.3 Å². The Morgan fingerprint density at radius 2 is 1.62 bits per heavy atom. The summed E-state index contributed by atoms with van der Waals surface area (Å²) in [7, 11) is 0. The molecule has 1 aliphatic rings. The molecule has 0 atom stereocenters. The molecule has 6 nitrogen and oxygen atoms in total. The lowest BCUT2D eigenvalue weighted by atomic mass is 10.1. The average molecular weight is 363 g/mol. The molecule has 0 spiro atoms. The van der Waals surface area contributed by atoms with Gasteiger partial charge in [-0.05, 0) is 36.0 Å². The van der Waals surface area contributed by atoms with Gasteiger partial charge >= 0.3 is 17.4 Å². The lowest BCUT2D eigenvalue weighted by molar-refractivity contribution is -0.238. The van der Waals surface area contributed by atoms with Gasteiger partial charge in [-0.25, -0.2) is 0 Å². The molecule has 1 aromatic carbocycles. The Morgan fingerprint density at radius 1 is 1.12 bits per heavy atom. The van der Waals surface area contributed by atoms with Crippen molar-refractivity contribution in [1.29, 1.82) is 0 Å². The number of carbonyl (C=O) groups excluding carboxylic acids is 3. The summed E-state index contributed by atoms with van der Waals surface area (Å²) >= 11 is -0.304. The summed E-state index contributed by atoms with van der Waals surface area (Å²) in [6.45, 7) is 2.68. The highest BCUT2D eigenvalue weighted by Crippen LogP contribution is 2.37. The number of halogens is 3. The van der Waals surface area contributed by atoms with Gasteiger partial charge in [0.1, 0.15) is 0 Å². The van der Waals surface area contributed by atoms with E-state index in [1.807, 2.05) is 0 Å². The van der Waals surface area contributed by atoms with Crippen LogP contribution in [0.3, 0.4) is 0 Å². The van der Waals surface area contributed by atoms with E-state index in [2.05, 4.69) is 5.32 Å². The number of carbonyl (C=O) groups is 3. The van der Waals surface area contributed by atoms with Crippen LogP contribution in [-0.2, 0) is 23.9 Å². The van der Waals surface area contributed by atoms with Crippen LogP contribution in [0.25, 0.3) is 0 Å². The maximum atomic E-state index is 12.2. The van der Waals surface area contributed by atoms with Crippen molar-refractivity contribution in [3.05, 3.63) is 24.3 Å². The van der Waals surface area contributed by atoms with Crippen LogP contribution in [0.1, 0.15) is 13.8 Å². The smallest absolute Gasteiger partial charge is 0.422 e. The third-order valence-electron chi connectivity index (χ3n) is 2.78. The molecule has 2 rings (SSSR count). The highest BCUT2D eigenvalue weighted by Gasteiger charge is 2.47. The number of thioether (sulfide) groups is 1. The second-order valence-electron chi connectivity index (χ2n) is 5.24. The first-order chi connectivity index (χ1) is 11.0. The van der Waals surface area contributed by atoms with Crippen LogP contribution < -0.4 is 5.32 Å². The molecule has 1 aliphatic heterocycles. The van der Waals surface area contributed by atoms with Gasteiger partial charge in [-0.1, -0.05) is 0 Å². The van der Waals surface area contributed by atoms with Gasteiger partial charge in [-0.3, -0.25) is 14.4 Å². The number of rotatable bonds is 3. The number of amides is 1. The number of cyclic esters (lactones) is 2. The summed E-state index contributed by atoms with van der Waals surface area (Å²) in [6, 6.07) is 4.73. The van der Waals surface area contributed by atoms with Gasteiger partial charge in [0, 0.05) is 24.4 Å². The Balaban J connectivity index is 2.04. The van der Waals surface area contributed by atoms with E-state index in [1.165, 1.54) is 26.0 Å². The van der Waals surface area contributed by atoms with Crippen LogP contribution in [0.15, 0.2) is 29.2 Å². The maximum Gasteiger partial charge on any atom is 0.446 e. The van der Waals surface area contributed by atoms with E-state index >= 15 is 0 Å². The van der Waals surface area contributed by atoms with Crippen molar-refractivity contribution < 1.29 is 37.0 Å². The third-order valence-corrected chi connectivity index (χ3v) is 3.52. The SMILES string of the molecule is CC1(C)OC(=O)C(C(=O)Nc2ccc(SC(F)(F)F)cc2)C(=O)O1. The number of hydrogen-bond acceptors (Lipinski definition) is 6. The number of esters is 2. The summed E-state index contributed by atoms with van der Waals surface area (Å²) in [5, 5.41) is 2.26. The fourth-order valence-electron chi connectivity index (χ4n) is 1.89. The predicted octanol–water partition coefficient (Wildman–Crippen LogP) is 2.69. The Kier molecular flexibility index (Phi) is 4.79. The molecule has 0 radical (unpaired) electrons. The van der Waals surface area contributed by atoms with E-state index < -0.39 is 35.1 Å². The Hall–Kier alpha value is -2.23. The molecule has 0 saturated carbocycles. The fraction of sp³-hybridized carbons (Fsp3) is 0.357. The molecule has 1 saturated heterocycles. The average Bonchev–Trinajstić information content (AvgIpc) is 2.36. The standard InChI is InChI=1S/C14H12F3NO5S/c1-13(2)22-11(20)9(12(21)23-13)10(19)18-7-3-5-8(6-4-7)24-14(15,16)17/h3-6,9H,1-2H3,(H,18,19). The number of anilines is 1. The first-order valence-electron chi connectivity index (χ1n) is 6.59. The molecular formula is C14H12F3NO5S. The highest BCUT2D eigenvalue weighted by atomic mass is 32.2. The van der Waals surface area contributed by atoms with Gasteiger partial charge in [0.05, 0.1) is 0 Å². The van der Waals surface area contributed by atoms with Crippen molar-refractivity contribution in [2.75, 3.05) is 5.32 Å². The van der Waals surface area contributed by atoms with Gasteiger partial charge in [0.2, 0.25) is 11.8 Å². The molecule has 0 aliphatic carbocycles. The van der Waals surface area contributed by atoms with Crippen LogP contribution in [0.4, 0.5) is 18.9 Å². The number of ether oxygens (including phenoxy) is 2. The van der Waals surface area contributed by atoms with E-state index in [4.69, 9.17) is 9.47 Å². The number of nitrogens with one attached hydrogen (secondary N) is 1. The first-order valence-corrected chi connectivity index (χ1v) is 7.41. The minimum atomic E-state index is -4.42. The minimum absolute atomic E-state index is 0.0706. The van der Waals surface area contributed by atoms with E-state index in [0.717, 1.165) is 12.1 Å². The molecule has 1 aromatic rings. The Labute approximate surface area is 138 Å². The summed E-state index contributed by atoms with van der Waals surface area (Å²) in [5.41, 5.74) is -4.30. The second kappa shape index (κ2) is 6.34. The zero-order chi connectivity index (χ0) is 18.1. The van der Waals surface area contributed by atoms with E-state index in [0.29, 0.717) is 0 Å². The van der Waals surface area contributed by atoms with Crippen molar-refractivity contribution in [3.8, 4) is 0 Å². The maximum absolute atomic E-state index is 12.2. The van der Waals surface area contributed by atoms with E-state index in [1.54, 1.807) is 0 Å². The number of hydrogen-bond donors (Lipinski definition) is 1. The quantitative estimate of drug-likeness (QED) is 0.505. The third kappa shape index (κ3) is 4.63. The topological polar surface area (TPSA) is 81.7 Å². The van der Waals surface area contributed by atoms with Crippen molar-refractivity contribution in [2.45, 2.75) is 30.0 Å². The monoisotopic (exact) mass is 363 g/mol. The van der Waals surface area contributed by atoms with Gasteiger partial charge in [-0.15, -0.1) is 0 Å². The van der Waals surface area contributed by atoms with Crippen molar-refractivity contribution in [2.24, 2.45) is 5.92 Å². The fourth-order valence-corrected chi connectivity index (χ4v) is 2.43. The molecule has 0 aromatic heterocycles. The predicted molar refractivity (Wildman–Crippen MR) is 76.7 cm³/mol. The molecule has 130 valence electrons. The second-order valence-corrected chi connectivity index (χ2v) is 6.37. The largest absolute Gasteiger partial charge is 0.446 e. The van der Waals surface area contributed by atoms with E-state index in [-0.39, 0.29) is 22.3 Å². The molecule has 1 fully saturated rings. The van der Waals surface area contributed by atoms with Crippen molar-refractivity contribution in [1.82, 2.24) is 0 Å². The zero-order valence-electron chi connectivity index (χ0n) is 12.5. The number of benzene rings is 1. The van der Waals surface area contributed by atoms with Crippen LogP contribution in [-0.4, -0.2) is 29.1 Å². The van der Waals surface area contributed by atoms with E-state index in [9.17, 15) is 27.6 Å². The molecular weight excluding hydrogens is 351 g/mol. The molecule has 1 amide bonds. The van der Waals surface area contributed by atoms with Crippen LogP contribution in [0.5, 0.6) is 0 Å². The van der Waals surface area contributed by atoms with Crippen molar-refractivity contribution in [3.63, 3.8) is 0 Å². The minimum Gasteiger partial charge on any atom is -0.422 e. The zero-order valence-corrected chi connectivity index (χ0v) is 13.3. The normalized spacial score (nSPS) is 17.9. The van der Waals surface area contributed by atoms with Crippen LogP contribution in [0, 0.1) is 5.92 Å². The molecule has 10 heteroatoms. The van der Waals surface area contributed by atoms with Gasteiger partial charge < -0.3 is 14.8 Å². The molecule has 1 heterocycles. The van der Waals surface area contributed by atoms with Gasteiger partial charge in [-0.2, -0.15) is 13.2 Å². The summed E-state index contributed by atoms with van der Waals surface area (Å²) in [4.78, 5) is 35.4. The van der Waals surface area contributed by atoms with Crippen LogP contribution in [0.2, 0.25) is 0 Å². The highest BCUT2D eigenvalue weighted by molar-refractivity contribution is 8.00. The molecule has 0 bridgehead atoms. The summed E-state index contributed by atoms with van der Waals surface area (Å²) < 4.78 is 46.3. The van der Waals surface area contributed by atoms with Crippen LogP contribution >= 0.6 is 11.8 Å². The lowest BCUT2D eigenvalue weighted by Crippen LogP contribution is -2.50. The summed E-state index contributed by atoms with van der Waals surface area (Å²) in [6.07, 6.45) is 0. The molecule has 24 heavy (non-hydrogen) atoms. The Morgan fingerprint density at radius 3 is 2.08 bits per heavy atom. The van der Waals surface area contributed by atoms with Gasteiger partial charge in [0.25, 0.3) is 5.79 Å². The summed E-state index contributed by atoms with van der Waals surface area (Å²) in [5.74, 6) is -6.35.